The Hall–Kier alpha value is -0.730. The minimum atomic E-state index is -3.11. The molecule has 2 heterocycles. The van der Waals surface area contributed by atoms with Gasteiger partial charge in [-0.05, 0) is 15.9 Å². The van der Waals surface area contributed by atoms with Gasteiger partial charge in [-0.1, -0.05) is 20.8 Å². The number of anilines is 1. The summed E-state index contributed by atoms with van der Waals surface area (Å²) in [5, 5.41) is 0. The molecule has 2 rings (SSSR count). The highest BCUT2D eigenvalue weighted by atomic mass is 79.9. The second kappa shape index (κ2) is 5.81. The lowest BCUT2D eigenvalue weighted by molar-refractivity contribution is 0.386. The topological polar surface area (TPSA) is 66.4 Å². The second-order valence-electron chi connectivity index (χ2n) is 6.27. The zero-order chi connectivity index (χ0) is 15.8. The summed E-state index contributed by atoms with van der Waals surface area (Å²) in [4.78, 5) is 11.2. The summed E-state index contributed by atoms with van der Waals surface area (Å²) in [5.74, 6) is 1.62. The molecule has 1 aromatic heterocycles. The molecule has 8 heteroatoms. The Morgan fingerprint density at radius 3 is 2.19 bits per heavy atom. The van der Waals surface area contributed by atoms with Crippen LogP contribution >= 0.6 is 15.9 Å². The van der Waals surface area contributed by atoms with Gasteiger partial charge < -0.3 is 4.90 Å². The van der Waals surface area contributed by atoms with Crippen LogP contribution in [-0.4, -0.2) is 55.1 Å². The van der Waals surface area contributed by atoms with Gasteiger partial charge in [0.25, 0.3) is 0 Å². The summed E-state index contributed by atoms with van der Waals surface area (Å²) in [6.45, 7) is 8.47. The zero-order valence-electron chi connectivity index (χ0n) is 12.8. The Balaban J connectivity index is 2.19. The summed E-state index contributed by atoms with van der Waals surface area (Å²) in [5.41, 5.74) is -0.132. The van der Waals surface area contributed by atoms with Gasteiger partial charge in [0.2, 0.25) is 10.0 Å². The summed E-state index contributed by atoms with van der Waals surface area (Å²) in [7, 11) is -3.11. The van der Waals surface area contributed by atoms with Crippen molar-refractivity contribution < 1.29 is 8.42 Å². The zero-order valence-corrected chi connectivity index (χ0v) is 15.2. The van der Waals surface area contributed by atoms with Crippen molar-refractivity contribution in [3.63, 3.8) is 0 Å². The van der Waals surface area contributed by atoms with Crippen LogP contribution in [0.4, 0.5) is 5.82 Å². The summed E-state index contributed by atoms with van der Waals surface area (Å²) in [6.07, 6.45) is 1.25. The molecule has 1 aromatic rings. The number of sulfonamides is 1. The lowest BCUT2D eigenvalue weighted by Gasteiger charge is -2.34. The maximum Gasteiger partial charge on any atom is 0.211 e. The Morgan fingerprint density at radius 2 is 1.71 bits per heavy atom. The molecule has 0 N–H and O–H groups in total. The molecule has 0 aliphatic carbocycles. The predicted molar refractivity (Wildman–Crippen MR) is 87.1 cm³/mol. The van der Waals surface area contributed by atoms with E-state index in [-0.39, 0.29) is 5.41 Å². The van der Waals surface area contributed by atoms with Crippen molar-refractivity contribution in [3.8, 4) is 0 Å². The van der Waals surface area contributed by atoms with Crippen LogP contribution in [0, 0.1) is 0 Å². The van der Waals surface area contributed by atoms with Crippen LogP contribution in [0.3, 0.4) is 0 Å². The van der Waals surface area contributed by atoms with E-state index in [9.17, 15) is 8.42 Å². The number of rotatable bonds is 2. The van der Waals surface area contributed by atoms with Crippen molar-refractivity contribution in [2.24, 2.45) is 0 Å². The number of aromatic nitrogens is 2. The quantitative estimate of drug-likeness (QED) is 0.733. The van der Waals surface area contributed by atoms with Crippen LogP contribution in [0.2, 0.25) is 0 Å². The van der Waals surface area contributed by atoms with Gasteiger partial charge >= 0.3 is 0 Å². The van der Waals surface area contributed by atoms with Crippen molar-refractivity contribution in [2.75, 3.05) is 37.3 Å². The van der Waals surface area contributed by atoms with Gasteiger partial charge in [-0.2, -0.15) is 4.31 Å². The second-order valence-corrected chi connectivity index (χ2v) is 9.07. The molecule has 118 valence electrons. The van der Waals surface area contributed by atoms with Crippen molar-refractivity contribution in [1.29, 1.82) is 0 Å². The Labute approximate surface area is 134 Å². The number of nitrogens with zero attached hydrogens (tertiary/aromatic N) is 4. The van der Waals surface area contributed by atoms with E-state index in [1.807, 2.05) is 6.07 Å². The molecule has 0 spiro atoms. The molecule has 1 fully saturated rings. The highest BCUT2D eigenvalue weighted by molar-refractivity contribution is 9.10. The largest absolute Gasteiger partial charge is 0.354 e. The number of halogens is 1. The van der Waals surface area contributed by atoms with Crippen LogP contribution in [0.25, 0.3) is 0 Å². The first-order valence-electron chi connectivity index (χ1n) is 6.82. The van der Waals surface area contributed by atoms with Crippen LogP contribution in [0.15, 0.2) is 10.7 Å². The maximum absolute atomic E-state index is 11.5. The van der Waals surface area contributed by atoms with Crippen molar-refractivity contribution >= 4 is 31.8 Å². The lowest BCUT2D eigenvalue weighted by atomic mass is 9.96. The summed E-state index contributed by atoms with van der Waals surface area (Å²) in [6, 6.07) is 1.88. The number of hydrogen-bond donors (Lipinski definition) is 0. The first kappa shape index (κ1) is 16.6. The number of piperazine rings is 1. The Kier molecular flexibility index (Phi) is 4.60. The van der Waals surface area contributed by atoms with E-state index in [2.05, 4.69) is 51.6 Å². The molecule has 1 aliphatic heterocycles. The lowest BCUT2D eigenvalue weighted by Crippen LogP contribution is -2.48. The maximum atomic E-state index is 11.5. The van der Waals surface area contributed by atoms with Gasteiger partial charge in [-0.3, -0.25) is 0 Å². The van der Waals surface area contributed by atoms with Gasteiger partial charge in [-0.25, -0.2) is 18.4 Å². The monoisotopic (exact) mass is 376 g/mol. The van der Waals surface area contributed by atoms with E-state index in [4.69, 9.17) is 0 Å². The minimum absolute atomic E-state index is 0.132. The Bertz CT molecular complexity index is 620. The fourth-order valence-corrected chi connectivity index (χ4v) is 3.35. The fraction of sp³-hybridized carbons (Fsp3) is 0.692. The van der Waals surface area contributed by atoms with Crippen molar-refractivity contribution in [2.45, 2.75) is 26.2 Å². The van der Waals surface area contributed by atoms with E-state index in [1.165, 1.54) is 10.6 Å². The van der Waals surface area contributed by atoms with E-state index in [0.717, 1.165) is 16.2 Å². The van der Waals surface area contributed by atoms with E-state index < -0.39 is 10.0 Å². The average Bonchev–Trinajstić information content (AvgIpc) is 2.36. The van der Waals surface area contributed by atoms with E-state index in [1.54, 1.807) is 0 Å². The molecule has 0 unspecified atom stereocenters. The molecule has 0 aromatic carbocycles. The molecular weight excluding hydrogens is 356 g/mol. The van der Waals surface area contributed by atoms with Gasteiger partial charge in [0, 0.05) is 37.7 Å². The highest BCUT2D eigenvalue weighted by Crippen LogP contribution is 2.25. The third-order valence-corrected chi connectivity index (χ3v) is 5.09. The van der Waals surface area contributed by atoms with Crippen LogP contribution in [-0.2, 0) is 15.4 Å². The third kappa shape index (κ3) is 4.14. The standard InChI is InChI=1S/C13H21BrN4O2S/c1-13(2,3)12-15-10(14)9-11(16-12)17-5-7-18(8-6-17)21(4,19)20/h9H,5-8H2,1-4H3. The molecule has 0 amide bonds. The molecule has 0 atom stereocenters. The molecule has 6 nitrogen and oxygen atoms in total. The normalized spacial score (nSPS) is 18.0. The first-order valence-corrected chi connectivity index (χ1v) is 9.46. The predicted octanol–water partition coefficient (Wildman–Crippen LogP) is 1.62. The minimum Gasteiger partial charge on any atom is -0.354 e. The average molecular weight is 377 g/mol. The van der Waals surface area contributed by atoms with Gasteiger partial charge in [0.15, 0.2) is 0 Å². The SMILES string of the molecule is CC(C)(C)c1nc(Br)cc(N2CCN(S(C)(=O)=O)CC2)n1. The van der Waals surface area contributed by atoms with Crippen molar-refractivity contribution in [1.82, 2.24) is 14.3 Å². The molecule has 0 bridgehead atoms. The van der Waals surface area contributed by atoms with Crippen LogP contribution in [0.5, 0.6) is 0 Å². The Morgan fingerprint density at radius 1 is 1.14 bits per heavy atom. The first-order chi connectivity index (χ1) is 9.57. The molecule has 0 radical (unpaired) electrons. The molecule has 0 saturated carbocycles. The third-order valence-electron chi connectivity index (χ3n) is 3.38. The van der Waals surface area contributed by atoms with Gasteiger partial charge in [-0.15, -0.1) is 0 Å². The summed E-state index contributed by atoms with van der Waals surface area (Å²) >= 11 is 3.43. The highest BCUT2D eigenvalue weighted by Gasteiger charge is 2.26. The van der Waals surface area contributed by atoms with Crippen LogP contribution < -0.4 is 4.90 Å². The van der Waals surface area contributed by atoms with Crippen LogP contribution in [0.1, 0.15) is 26.6 Å². The van der Waals surface area contributed by atoms with Gasteiger partial charge in [0.05, 0.1) is 6.26 Å². The fourth-order valence-electron chi connectivity index (χ4n) is 2.15. The summed E-state index contributed by atoms with van der Waals surface area (Å²) < 4.78 is 25.3. The molecule has 1 aliphatic rings. The molecule has 1 saturated heterocycles. The number of hydrogen-bond acceptors (Lipinski definition) is 5. The van der Waals surface area contributed by atoms with Gasteiger partial charge in [0.1, 0.15) is 16.2 Å². The smallest absolute Gasteiger partial charge is 0.211 e. The van der Waals surface area contributed by atoms with E-state index >= 15 is 0 Å². The van der Waals surface area contributed by atoms with Crippen molar-refractivity contribution in [3.05, 3.63) is 16.5 Å². The molecular formula is C13H21BrN4O2S. The molecule has 21 heavy (non-hydrogen) atoms. The van der Waals surface area contributed by atoms with E-state index in [0.29, 0.717) is 26.2 Å².